The van der Waals surface area contributed by atoms with Crippen LogP contribution in [0.15, 0.2) is 12.2 Å². The van der Waals surface area contributed by atoms with Crippen LogP contribution in [0.1, 0.15) is 90.4 Å². The zero-order valence-corrected chi connectivity index (χ0v) is 15.1. The summed E-state index contributed by atoms with van der Waals surface area (Å²) < 4.78 is 11.3. The Morgan fingerprint density at radius 3 is 2.39 bits per heavy atom. The fourth-order valence-corrected chi connectivity index (χ4v) is 2.85. The minimum atomic E-state index is 0.0682. The summed E-state index contributed by atoms with van der Waals surface area (Å²) >= 11 is 0. The summed E-state index contributed by atoms with van der Waals surface area (Å²) in [6, 6.07) is 0. The molecule has 1 saturated heterocycles. The molecular weight excluding hydrogens is 288 g/mol. The maximum absolute atomic E-state index is 11.4. The molecule has 0 saturated carbocycles. The van der Waals surface area contributed by atoms with Gasteiger partial charge in [0.05, 0.1) is 0 Å². The van der Waals surface area contributed by atoms with E-state index in [1.807, 2.05) is 6.08 Å². The van der Waals surface area contributed by atoms with Crippen molar-refractivity contribution in [2.24, 2.45) is 0 Å². The fourth-order valence-electron chi connectivity index (χ4n) is 2.85. The normalized spacial score (nSPS) is 18.6. The van der Waals surface area contributed by atoms with Gasteiger partial charge in [0.15, 0.2) is 12.1 Å². The standard InChI is InChI=1S/C20H36O3/c1-2-3-14-19(21)15-10-8-6-4-5-7-9-12-17-22-20-16-11-13-18-23-20/h3,14,20H,2,4-13,15-18H2,1H3/b14-3+. The first-order valence-electron chi connectivity index (χ1n) is 9.75. The highest BCUT2D eigenvalue weighted by molar-refractivity contribution is 5.89. The highest BCUT2D eigenvalue weighted by Gasteiger charge is 2.13. The van der Waals surface area contributed by atoms with Crippen molar-refractivity contribution in [1.29, 1.82) is 0 Å². The number of ether oxygens (including phenoxy) is 2. The molecule has 1 unspecified atom stereocenters. The van der Waals surface area contributed by atoms with Crippen molar-refractivity contribution in [3.63, 3.8) is 0 Å². The molecule has 0 amide bonds. The van der Waals surface area contributed by atoms with Crippen molar-refractivity contribution < 1.29 is 14.3 Å². The van der Waals surface area contributed by atoms with Crippen molar-refractivity contribution in [1.82, 2.24) is 0 Å². The molecule has 1 aliphatic heterocycles. The Labute approximate surface area is 142 Å². The van der Waals surface area contributed by atoms with Gasteiger partial charge in [0, 0.05) is 19.6 Å². The molecule has 0 bridgehead atoms. The van der Waals surface area contributed by atoms with E-state index in [0.29, 0.717) is 0 Å². The van der Waals surface area contributed by atoms with Gasteiger partial charge >= 0.3 is 0 Å². The van der Waals surface area contributed by atoms with E-state index in [4.69, 9.17) is 9.47 Å². The quantitative estimate of drug-likeness (QED) is 0.309. The monoisotopic (exact) mass is 324 g/mol. The van der Waals surface area contributed by atoms with Crippen LogP contribution < -0.4 is 0 Å². The third-order valence-electron chi connectivity index (χ3n) is 4.30. The summed E-state index contributed by atoms with van der Waals surface area (Å²) in [5.41, 5.74) is 0. The minimum Gasteiger partial charge on any atom is -0.353 e. The zero-order valence-electron chi connectivity index (χ0n) is 15.1. The Bertz CT molecular complexity index is 306. The lowest BCUT2D eigenvalue weighted by molar-refractivity contribution is -0.162. The zero-order chi connectivity index (χ0) is 16.6. The number of carbonyl (C=O) groups is 1. The molecule has 1 fully saturated rings. The van der Waals surface area contributed by atoms with E-state index >= 15 is 0 Å². The molecule has 23 heavy (non-hydrogen) atoms. The van der Waals surface area contributed by atoms with E-state index in [1.54, 1.807) is 6.08 Å². The molecule has 1 rings (SSSR count). The van der Waals surface area contributed by atoms with Gasteiger partial charge in [-0.05, 0) is 44.6 Å². The lowest BCUT2D eigenvalue weighted by atomic mass is 10.1. The van der Waals surface area contributed by atoms with Gasteiger partial charge in [-0.25, -0.2) is 0 Å². The number of rotatable bonds is 14. The second-order valence-corrected chi connectivity index (χ2v) is 6.52. The van der Waals surface area contributed by atoms with Gasteiger partial charge in [0.2, 0.25) is 0 Å². The number of allylic oxidation sites excluding steroid dienone is 2. The number of hydrogen-bond donors (Lipinski definition) is 0. The van der Waals surface area contributed by atoms with Crippen LogP contribution in [0.3, 0.4) is 0 Å². The van der Waals surface area contributed by atoms with Gasteiger partial charge in [0.25, 0.3) is 0 Å². The first-order chi connectivity index (χ1) is 11.3. The predicted molar refractivity (Wildman–Crippen MR) is 95.5 cm³/mol. The van der Waals surface area contributed by atoms with Crippen LogP contribution in [0.2, 0.25) is 0 Å². The Morgan fingerprint density at radius 1 is 1.04 bits per heavy atom. The van der Waals surface area contributed by atoms with Crippen LogP contribution in [0.4, 0.5) is 0 Å². The largest absolute Gasteiger partial charge is 0.353 e. The molecule has 0 spiro atoms. The lowest BCUT2D eigenvalue weighted by Crippen LogP contribution is -2.22. The van der Waals surface area contributed by atoms with Crippen molar-refractivity contribution in [3.05, 3.63) is 12.2 Å². The Balaban J connectivity index is 1.76. The van der Waals surface area contributed by atoms with Gasteiger partial charge in [-0.15, -0.1) is 0 Å². The van der Waals surface area contributed by atoms with E-state index < -0.39 is 0 Å². The van der Waals surface area contributed by atoms with Crippen LogP contribution in [0.25, 0.3) is 0 Å². The summed E-state index contributed by atoms with van der Waals surface area (Å²) in [4.78, 5) is 11.4. The molecule has 1 atom stereocenters. The van der Waals surface area contributed by atoms with E-state index in [2.05, 4.69) is 6.92 Å². The third-order valence-corrected chi connectivity index (χ3v) is 4.30. The van der Waals surface area contributed by atoms with Gasteiger partial charge < -0.3 is 9.47 Å². The van der Waals surface area contributed by atoms with Crippen molar-refractivity contribution >= 4 is 5.78 Å². The molecule has 0 aromatic carbocycles. The summed E-state index contributed by atoms with van der Waals surface area (Å²) in [7, 11) is 0. The van der Waals surface area contributed by atoms with E-state index in [-0.39, 0.29) is 12.1 Å². The fraction of sp³-hybridized carbons (Fsp3) is 0.850. The molecular formula is C20H36O3. The first kappa shape index (κ1) is 20.4. The summed E-state index contributed by atoms with van der Waals surface area (Å²) in [5.74, 6) is 0.286. The van der Waals surface area contributed by atoms with Crippen LogP contribution >= 0.6 is 0 Å². The smallest absolute Gasteiger partial charge is 0.157 e. The Morgan fingerprint density at radius 2 is 1.74 bits per heavy atom. The summed E-state index contributed by atoms with van der Waals surface area (Å²) in [6.07, 6.45) is 18.7. The van der Waals surface area contributed by atoms with Crippen molar-refractivity contribution in [2.45, 2.75) is 96.7 Å². The number of unbranched alkanes of at least 4 members (excludes halogenated alkanes) is 7. The second-order valence-electron chi connectivity index (χ2n) is 6.52. The van der Waals surface area contributed by atoms with Crippen LogP contribution in [-0.2, 0) is 14.3 Å². The maximum Gasteiger partial charge on any atom is 0.157 e. The van der Waals surface area contributed by atoms with Gasteiger partial charge in [-0.1, -0.05) is 51.5 Å². The molecule has 0 N–H and O–H groups in total. The van der Waals surface area contributed by atoms with E-state index in [0.717, 1.165) is 45.3 Å². The Hall–Kier alpha value is -0.670. The molecule has 1 heterocycles. The van der Waals surface area contributed by atoms with Gasteiger partial charge in [0.1, 0.15) is 0 Å². The molecule has 0 radical (unpaired) electrons. The predicted octanol–water partition coefficient (Wildman–Crippen LogP) is 5.58. The van der Waals surface area contributed by atoms with E-state index in [9.17, 15) is 4.79 Å². The third kappa shape index (κ3) is 12.4. The van der Waals surface area contributed by atoms with Crippen LogP contribution in [0, 0.1) is 0 Å². The molecule has 0 aromatic rings. The summed E-state index contributed by atoms with van der Waals surface area (Å²) in [6.45, 7) is 3.77. The van der Waals surface area contributed by atoms with Gasteiger partial charge in [-0.2, -0.15) is 0 Å². The van der Waals surface area contributed by atoms with Crippen LogP contribution in [-0.4, -0.2) is 25.3 Å². The minimum absolute atomic E-state index is 0.0682. The average molecular weight is 325 g/mol. The van der Waals surface area contributed by atoms with Crippen molar-refractivity contribution in [2.75, 3.05) is 13.2 Å². The highest BCUT2D eigenvalue weighted by Crippen LogP contribution is 2.15. The SMILES string of the molecule is CC/C=C/C(=O)CCCCCCCCCCOC1CCCCO1. The lowest BCUT2D eigenvalue weighted by Gasteiger charge is -2.22. The molecule has 1 aliphatic rings. The Kier molecular flexibility index (Phi) is 13.2. The molecule has 0 aliphatic carbocycles. The first-order valence-corrected chi connectivity index (χ1v) is 9.75. The molecule has 3 nitrogen and oxygen atoms in total. The number of hydrogen-bond acceptors (Lipinski definition) is 3. The average Bonchev–Trinajstić information content (AvgIpc) is 2.58. The van der Waals surface area contributed by atoms with Gasteiger partial charge in [-0.3, -0.25) is 4.79 Å². The summed E-state index contributed by atoms with van der Waals surface area (Å²) in [5, 5.41) is 0. The highest BCUT2D eigenvalue weighted by atomic mass is 16.7. The molecule has 134 valence electrons. The van der Waals surface area contributed by atoms with Crippen LogP contribution in [0.5, 0.6) is 0 Å². The topological polar surface area (TPSA) is 35.5 Å². The number of carbonyl (C=O) groups excluding carboxylic acids is 1. The van der Waals surface area contributed by atoms with Crippen molar-refractivity contribution in [3.8, 4) is 0 Å². The molecule has 3 heteroatoms. The second kappa shape index (κ2) is 14.9. The molecule has 0 aromatic heterocycles. The maximum atomic E-state index is 11.4. The number of ketones is 1. The van der Waals surface area contributed by atoms with E-state index in [1.165, 1.54) is 51.4 Å².